The number of hydrogen-bond acceptors (Lipinski definition) is 4. The van der Waals surface area contributed by atoms with E-state index in [0.717, 1.165) is 15.0 Å². The van der Waals surface area contributed by atoms with Gasteiger partial charge in [0, 0.05) is 15.0 Å². The second-order valence-electron chi connectivity index (χ2n) is 4.12. The van der Waals surface area contributed by atoms with Crippen molar-refractivity contribution >= 4 is 45.1 Å². The van der Waals surface area contributed by atoms with E-state index in [0.29, 0.717) is 0 Å². The number of carbonyl (C=O) groups is 1. The van der Waals surface area contributed by atoms with Crippen LogP contribution >= 0.6 is 27.3 Å². The molecule has 104 valence electrons. The van der Waals surface area contributed by atoms with Crippen LogP contribution in [0, 0.1) is 0 Å². The SMILES string of the molecule is C[C@H](Nc1ccc(Br)cc1)C(=O)N/N=C\c1cccs1. The number of nitrogens with zero attached hydrogens (tertiary/aromatic N) is 1. The number of amides is 1. The van der Waals surface area contributed by atoms with Gasteiger partial charge >= 0.3 is 0 Å². The Kier molecular flexibility index (Phi) is 5.31. The van der Waals surface area contributed by atoms with Gasteiger partial charge in [-0.25, -0.2) is 5.43 Å². The molecule has 1 atom stereocenters. The van der Waals surface area contributed by atoms with Crippen molar-refractivity contribution in [2.45, 2.75) is 13.0 Å². The number of carbonyl (C=O) groups excluding carboxylic acids is 1. The molecule has 1 heterocycles. The summed E-state index contributed by atoms with van der Waals surface area (Å²) in [6.45, 7) is 1.79. The highest BCUT2D eigenvalue weighted by molar-refractivity contribution is 9.10. The van der Waals surface area contributed by atoms with E-state index < -0.39 is 0 Å². The van der Waals surface area contributed by atoms with Crippen LogP contribution in [0.4, 0.5) is 5.69 Å². The highest BCUT2D eigenvalue weighted by Crippen LogP contribution is 2.14. The summed E-state index contributed by atoms with van der Waals surface area (Å²) in [5, 5.41) is 9.00. The molecule has 1 aromatic carbocycles. The standard InChI is InChI=1S/C14H14BrN3OS/c1-10(17-12-6-4-11(15)5-7-12)14(19)18-16-9-13-3-2-8-20-13/h2-10,17H,1H3,(H,18,19)/b16-9-/t10-/m0/s1. The molecule has 1 amide bonds. The van der Waals surface area contributed by atoms with Crippen LogP contribution in [0.3, 0.4) is 0 Å². The average Bonchev–Trinajstić information content (AvgIpc) is 2.94. The quantitative estimate of drug-likeness (QED) is 0.640. The van der Waals surface area contributed by atoms with Gasteiger partial charge in [-0.1, -0.05) is 22.0 Å². The summed E-state index contributed by atoms with van der Waals surface area (Å²) in [6, 6.07) is 11.2. The zero-order valence-electron chi connectivity index (χ0n) is 10.8. The Hall–Kier alpha value is -1.66. The number of rotatable bonds is 5. The van der Waals surface area contributed by atoms with Crippen molar-refractivity contribution in [3.05, 3.63) is 51.1 Å². The van der Waals surface area contributed by atoms with E-state index in [4.69, 9.17) is 0 Å². The van der Waals surface area contributed by atoms with E-state index in [1.165, 1.54) is 0 Å². The molecule has 0 aliphatic heterocycles. The minimum absolute atomic E-state index is 0.180. The number of thiophene rings is 1. The third-order valence-corrected chi connectivity index (χ3v) is 3.87. The van der Waals surface area contributed by atoms with Crippen molar-refractivity contribution in [2.24, 2.45) is 5.10 Å². The predicted molar refractivity (Wildman–Crippen MR) is 87.3 cm³/mol. The summed E-state index contributed by atoms with van der Waals surface area (Å²) in [4.78, 5) is 12.8. The third-order valence-electron chi connectivity index (χ3n) is 2.53. The van der Waals surface area contributed by atoms with E-state index in [-0.39, 0.29) is 11.9 Å². The van der Waals surface area contributed by atoms with Crippen molar-refractivity contribution < 1.29 is 4.79 Å². The van der Waals surface area contributed by atoms with E-state index in [2.05, 4.69) is 31.8 Å². The zero-order valence-corrected chi connectivity index (χ0v) is 13.2. The molecule has 0 bridgehead atoms. The molecule has 6 heteroatoms. The van der Waals surface area contributed by atoms with Crippen molar-refractivity contribution in [1.82, 2.24) is 5.43 Å². The molecule has 0 spiro atoms. The maximum Gasteiger partial charge on any atom is 0.262 e. The molecule has 20 heavy (non-hydrogen) atoms. The molecule has 0 aliphatic rings. The summed E-state index contributed by atoms with van der Waals surface area (Å²) < 4.78 is 1.00. The van der Waals surface area contributed by atoms with Gasteiger partial charge in [-0.3, -0.25) is 4.79 Å². The number of nitrogens with one attached hydrogen (secondary N) is 2. The third kappa shape index (κ3) is 4.47. The molecule has 2 aromatic rings. The van der Waals surface area contributed by atoms with Gasteiger partial charge in [0.2, 0.25) is 0 Å². The summed E-state index contributed by atoms with van der Waals surface area (Å²) >= 11 is 4.93. The van der Waals surface area contributed by atoms with Crippen molar-refractivity contribution in [3.63, 3.8) is 0 Å². The highest BCUT2D eigenvalue weighted by atomic mass is 79.9. The van der Waals surface area contributed by atoms with E-state index >= 15 is 0 Å². The maximum atomic E-state index is 11.8. The molecule has 1 aromatic heterocycles. The van der Waals surface area contributed by atoms with E-state index in [1.807, 2.05) is 41.8 Å². The molecule has 0 unspecified atom stereocenters. The molecular formula is C14H14BrN3OS. The number of hydrazone groups is 1. The van der Waals surface area contributed by atoms with Crippen molar-refractivity contribution in [1.29, 1.82) is 0 Å². The minimum atomic E-state index is -0.364. The summed E-state index contributed by atoms with van der Waals surface area (Å²) in [7, 11) is 0. The molecular weight excluding hydrogens is 338 g/mol. The fraction of sp³-hybridized carbons (Fsp3) is 0.143. The van der Waals surface area contributed by atoms with Crippen LogP contribution in [0.25, 0.3) is 0 Å². The Morgan fingerprint density at radius 3 is 2.75 bits per heavy atom. The topological polar surface area (TPSA) is 53.5 Å². The predicted octanol–water partition coefficient (Wildman–Crippen LogP) is 3.46. The first-order valence-electron chi connectivity index (χ1n) is 6.03. The smallest absolute Gasteiger partial charge is 0.262 e. The number of benzene rings is 1. The van der Waals surface area contributed by atoms with Gasteiger partial charge in [0.05, 0.1) is 6.21 Å². The van der Waals surface area contributed by atoms with E-state index in [9.17, 15) is 4.79 Å². The van der Waals surface area contributed by atoms with Crippen LogP contribution in [0.2, 0.25) is 0 Å². The first kappa shape index (κ1) is 14.7. The van der Waals surface area contributed by atoms with Gasteiger partial charge in [-0.15, -0.1) is 11.3 Å². The molecule has 2 N–H and O–H groups in total. The van der Waals surface area contributed by atoms with Gasteiger partial charge < -0.3 is 5.32 Å². The fourth-order valence-electron chi connectivity index (χ4n) is 1.48. The van der Waals surface area contributed by atoms with Crippen LogP contribution in [-0.2, 0) is 4.79 Å². The van der Waals surface area contributed by atoms with Gasteiger partial charge in [-0.05, 0) is 42.6 Å². The van der Waals surface area contributed by atoms with E-state index in [1.54, 1.807) is 24.5 Å². The number of hydrogen-bond donors (Lipinski definition) is 2. The lowest BCUT2D eigenvalue weighted by Crippen LogP contribution is -2.34. The maximum absolute atomic E-state index is 11.8. The lowest BCUT2D eigenvalue weighted by atomic mass is 10.2. The Labute approximate surface area is 130 Å². The van der Waals surface area contributed by atoms with Gasteiger partial charge in [0.15, 0.2) is 0 Å². The largest absolute Gasteiger partial charge is 0.374 e. The Bertz CT molecular complexity index is 581. The fourth-order valence-corrected chi connectivity index (χ4v) is 2.33. The van der Waals surface area contributed by atoms with Crippen LogP contribution in [0.1, 0.15) is 11.8 Å². The average molecular weight is 352 g/mol. The first-order chi connectivity index (χ1) is 9.65. The van der Waals surface area contributed by atoms with Gasteiger partial charge in [0.1, 0.15) is 6.04 Å². The van der Waals surface area contributed by atoms with Crippen LogP contribution in [-0.4, -0.2) is 18.2 Å². The molecule has 0 radical (unpaired) electrons. The molecule has 4 nitrogen and oxygen atoms in total. The zero-order chi connectivity index (χ0) is 14.4. The van der Waals surface area contributed by atoms with Crippen molar-refractivity contribution in [2.75, 3.05) is 5.32 Å². The summed E-state index contributed by atoms with van der Waals surface area (Å²) in [5.74, 6) is -0.180. The first-order valence-corrected chi connectivity index (χ1v) is 7.71. The van der Waals surface area contributed by atoms with Gasteiger partial charge in [0.25, 0.3) is 5.91 Å². The Morgan fingerprint density at radius 1 is 1.35 bits per heavy atom. The lowest BCUT2D eigenvalue weighted by Gasteiger charge is -2.13. The molecule has 0 saturated carbocycles. The number of anilines is 1. The highest BCUT2D eigenvalue weighted by Gasteiger charge is 2.11. The van der Waals surface area contributed by atoms with Crippen molar-refractivity contribution in [3.8, 4) is 0 Å². The number of halogens is 1. The second kappa shape index (κ2) is 7.21. The molecule has 2 rings (SSSR count). The summed E-state index contributed by atoms with van der Waals surface area (Å²) in [5.41, 5.74) is 3.40. The van der Waals surface area contributed by atoms with Crippen LogP contribution in [0.15, 0.2) is 51.4 Å². The second-order valence-corrected chi connectivity index (χ2v) is 6.02. The molecule has 0 fully saturated rings. The van der Waals surface area contributed by atoms with Gasteiger partial charge in [-0.2, -0.15) is 5.10 Å². The Morgan fingerprint density at radius 2 is 2.10 bits per heavy atom. The molecule has 0 aliphatic carbocycles. The summed E-state index contributed by atoms with van der Waals surface area (Å²) in [6.07, 6.45) is 1.63. The monoisotopic (exact) mass is 351 g/mol. The lowest BCUT2D eigenvalue weighted by molar-refractivity contribution is -0.121. The van der Waals surface area contributed by atoms with Crippen LogP contribution in [0.5, 0.6) is 0 Å². The Balaban J connectivity index is 1.84. The van der Waals surface area contributed by atoms with Crippen LogP contribution < -0.4 is 10.7 Å². The normalized spacial score (nSPS) is 12.3. The minimum Gasteiger partial charge on any atom is -0.374 e. The molecule has 0 saturated heterocycles.